The molecule has 1 aromatic carbocycles. The number of aromatic nitrogens is 2. The number of morpholine rings is 1. The monoisotopic (exact) mass is 450 g/mol. The van der Waals surface area contributed by atoms with Gasteiger partial charge in [-0.1, -0.05) is 22.9 Å². The number of rotatable bonds is 5. The van der Waals surface area contributed by atoms with Crippen LogP contribution in [0.1, 0.15) is 25.9 Å². The number of nitrogens with zero attached hydrogens (tertiary/aromatic N) is 4. The molecule has 29 heavy (non-hydrogen) atoms. The largest absolute Gasteiger partial charge is 0.379 e. The Kier molecular flexibility index (Phi) is 6.17. The number of anilines is 1. The van der Waals surface area contributed by atoms with Crippen molar-refractivity contribution >= 4 is 55.5 Å². The van der Waals surface area contributed by atoms with E-state index in [2.05, 4.69) is 9.88 Å². The number of aryl methyl sites for hydroxylation is 3. The molecule has 0 aliphatic carbocycles. The number of ether oxygens (including phenoxy) is 1. The summed E-state index contributed by atoms with van der Waals surface area (Å²) in [6, 6.07) is 3.86. The van der Waals surface area contributed by atoms with Crippen LogP contribution in [0.4, 0.5) is 5.13 Å². The smallest absolute Gasteiger partial charge is 0.272 e. The molecule has 0 N–H and O–H groups in total. The van der Waals surface area contributed by atoms with Gasteiger partial charge in [0.05, 0.1) is 34.1 Å². The van der Waals surface area contributed by atoms with Crippen LogP contribution in [-0.4, -0.2) is 60.2 Å². The maximum atomic E-state index is 13.5. The Morgan fingerprint density at radius 2 is 1.97 bits per heavy atom. The first kappa shape index (κ1) is 20.7. The van der Waals surface area contributed by atoms with Crippen molar-refractivity contribution in [1.82, 2.24) is 14.9 Å². The molecule has 9 heteroatoms. The van der Waals surface area contributed by atoms with Crippen molar-refractivity contribution in [2.75, 3.05) is 44.3 Å². The van der Waals surface area contributed by atoms with Crippen LogP contribution in [0.2, 0.25) is 5.02 Å². The minimum absolute atomic E-state index is 0.0378. The van der Waals surface area contributed by atoms with Crippen molar-refractivity contribution in [3.8, 4) is 0 Å². The molecular formula is C20H23ClN4O2S2. The maximum Gasteiger partial charge on any atom is 0.272 e. The number of thiazole rings is 2. The fraction of sp³-hybridized carbons (Fsp3) is 0.450. The number of hydrogen-bond acceptors (Lipinski definition) is 7. The second kappa shape index (κ2) is 8.65. The summed E-state index contributed by atoms with van der Waals surface area (Å²) in [4.78, 5) is 27.5. The lowest BCUT2D eigenvalue weighted by atomic mass is 10.2. The molecule has 2 aromatic heterocycles. The topological polar surface area (TPSA) is 58.6 Å². The van der Waals surface area contributed by atoms with Crippen molar-refractivity contribution in [3.63, 3.8) is 0 Å². The molecule has 3 aromatic rings. The van der Waals surface area contributed by atoms with Crippen LogP contribution in [0.15, 0.2) is 12.1 Å². The number of benzene rings is 1. The average Bonchev–Trinajstić information content (AvgIpc) is 3.29. The molecule has 0 atom stereocenters. The summed E-state index contributed by atoms with van der Waals surface area (Å²) in [6.45, 7) is 10.4. The lowest BCUT2D eigenvalue weighted by Gasteiger charge is -2.29. The van der Waals surface area contributed by atoms with E-state index in [1.807, 2.05) is 32.9 Å². The Hall–Kier alpha value is -1.58. The van der Waals surface area contributed by atoms with Crippen molar-refractivity contribution in [3.05, 3.63) is 38.3 Å². The third kappa shape index (κ3) is 4.32. The van der Waals surface area contributed by atoms with Gasteiger partial charge >= 0.3 is 0 Å². The van der Waals surface area contributed by atoms with E-state index in [1.54, 1.807) is 4.90 Å². The van der Waals surface area contributed by atoms with Crippen LogP contribution in [-0.2, 0) is 4.74 Å². The molecule has 4 rings (SSSR count). The second-order valence-corrected chi connectivity index (χ2v) is 9.69. The van der Waals surface area contributed by atoms with Gasteiger partial charge in [0.15, 0.2) is 5.13 Å². The number of amides is 1. The Bertz CT molecular complexity index is 1040. The first-order valence-corrected chi connectivity index (χ1v) is 11.6. The van der Waals surface area contributed by atoms with E-state index in [4.69, 9.17) is 21.3 Å². The summed E-state index contributed by atoms with van der Waals surface area (Å²) >= 11 is 9.25. The molecule has 1 aliphatic heterocycles. The van der Waals surface area contributed by atoms with Gasteiger partial charge in [0.25, 0.3) is 5.91 Å². The van der Waals surface area contributed by atoms with Crippen LogP contribution < -0.4 is 4.90 Å². The zero-order chi connectivity index (χ0) is 20.5. The van der Waals surface area contributed by atoms with E-state index in [1.165, 1.54) is 22.7 Å². The van der Waals surface area contributed by atoms with Gasteiger partial charge in [-0.05, 0) is 38.5 Å². The summed E-state index contributed by atoms with van der Waals surface area (Å²) in [5.41, 5.74) is 2.57. The maximum absolute atomic E-state index is 13.5. The summed E-state index contributed by atoms with van der Waals surface area (Å²) in [5.74, 6) is -0.0378. The lowest BCUT2D eigenvalue weighted by Crippen LogP contribution is -2.43. The van der Waals surface area contributed by atoms with Crippen LogP contribution in [0, 0.1) is 20.8 Å². The predicted octanol–water partition coefficient (Wildman–Crippen LogP) is 4.31. The predicted molar refractivity (Wildman–Crippen MR) is 120 cm³/mol. The van der Waals surface area contributed by atoms with Crippen LogP contribution >= 0.6 is 34.3 Å². The lowest BCUT2D eigenvalue weighted by molar-refractivity contribution is 0.0391. The van der Waals surface area contributed by atoms with E-state index in [0.717, 1.165) is 59.3 Å². The van der Waals surface area contributed by atoms with E-state index in [0.29, 0.717) is 21.6 Å². The Morgan fingerprint density at radius 3 is 2.66 bits per heavy atom. The molecule has 1 amide bonds. The minimum atomic E-state index is -0.0378. The van der Waals surface area contributed by atoms with Gasteiger partial charge in [0.2, 0.25) is 0 Å². The van der Waals surface area contributed by atoms with Crippen LogP contribution in [0.5, 0.6) is 0 Å². The quantitative estimate of drug-likeness (QED) is 0.579. The van der Waals surface area contributed by atoms with Gasteiger partial charge < -0.3 is 4.74 Å². The second-order valence-electron chi connectivity index (χ2n) is 7.07. The number of carbonyl (C=O) groups excluding carboxylic acids is 1. The number of fused-ring (bicyclic) bond motifs is 1. The van der Waals surface area contributed by atoms with Crippen molar-refractivity contribution in [2.45, 2.75) is 20.8 Å². The fourth-order valence-electron chi connectivity index (χ4n) is 3.41. The van der Waals surface area contributed by atoms with Gasteiger partial charge in [-0.25, -0.2) is 9.97 Å². The van der Waals surface area contributed by atoms with Gasteiger partial charge in [0.1, 0.15) is 4.88 Å². The number of halogens is 1. The summed E-state index contributed by atoms with van der Waals surface area (Å²) in [7, 11) is 0. The average molecular weight is 451 g/mol. The molecule has 154 valence electrons. The highest BCUT2D eigenvalue weighted by atomic mass is 35.5. The minimum Gasteiger partial charge on any atom is -0.379 e. The van der Waals surface area contributed by atoms with Crippen molar-refractivity contribution in [1.29, 1.82) is 0 Å². The third-order valence-electron chi connectivity index (χ3n) is 5.05. The Morgan fingerprint density at radius 1 is 1.21 bits per heavy atom. The number of carbonyl (C=O) groups is 1. The summed E-state index contributed by atoms with van der Waals surface area (Å²) < 4.78 is 6.47. The van der Waals surface area contributed by atoms with E-state index >= 15 is 0 Å². The highest BCUT2D eigenvalue weighted by Gasteiger charge is 2.26. The molecule has 3 heterocycles. The van der Waals surface area contributed by atoms with Gasteiger partial charge in [-0.2, -0.15) is 0 Å². The van der Waals surface area contributed by atoms with Gasteiger partial charge in [-0.3, -0.25) is 14.6 Å². The van der Waals surface area contributed by atoms with Crippen LogP contribution in [0.3, 0.4) is 0 Å². The van der Waals surface area contributed by atoms with Crippen molar-refractivity contribution in [2.24, 2.45) is 0 Å². The highest BCUT2D eigenvalue weighted by Crippen LogP contribution is 2.34. The molecule has 0 saturated carbocycles. The van der Waals surface area contributed by atoms with Gasteiger partial charge in [0, 0.05) is 31.2 Å². The van der Waals surface area contributed by atoms with Crippen LogP contribution in [0.25, 0.3) is 10.2 Å². The molecule has 0 radical (unpaired) electrons. The third-order valence-corrected chi connectivity index (χ3v) is 7.57. The zero-order valence-electron chi connectivity index (χ0n) is 16.7. The number of hydrogen-bond donors (Lipinski definition) is 0. The fourth-order valence-corrected chi connectivity index (χ4v) is 5.48. The molecular weight excluding hydrogens is 428 g/mol. The normalized spacial score (nSPS) is 15.2. The Labute approximate surface area is 183 Å². The summed E-state index contributed by atoms with van der Waals surface area (Å²) in [6.07, 6.45) is 0. The first-order chi connectivity index (χ1) is 13.9. The Balaban J connectivity index is 1.68. The van der Waals surface area contributed by atoms with E-state index in [-0.39, 0.29) is 5.91 Å². The molecule has 1 saturated heterocycles. The molecule has 6 nitrogen and oxygen atoms in total. The van der Waals surface area contributed by atoms with Crippen molar-refractivity contribution < 1.29 is 9.53 Å². The SMILES string of the molecule is Cc1nc(C)c(C(=O)N(CCN2CCOCC2)c2nc3c(C)c(Cl)ccc3s2)s1. The molecule has 0 spiro atoms. The highest BCUT2D eigenvalue weighted by molar-refractivity contribution is 7.22. The summed E-state index contributed by atoms with van der Waals surface area (Å²) in [5, 5.41) is 2.29. The van der Waals surface area contributed by atoms with E-state index in [9.17, 15) is 4.79 Å². The zero-order valence-corrected chi connectivity index (χ0v) is 19.1. The first-order valence-electron chi connectivity index (χ1n) is 9.55. The molecule has 0 unspecified atom stereocenters. The molecule has 1 aliphatic rings. The molecule has 0 bridgehead atoms. The van der Waals surface area contributed by atoms with E-state index < -0.39 is 0 Å². The van der Waals surface area contributed by atoms with Gasteiger partial charge in [-0.15, -0.1) is 11.3 Å². The molecule has 1 fully saturated rings. The standard InChI is InChI=1S/C20H23ClN4O2S2/c1-12-15(21)4-5-16-17(12)23-20(29-16)25(7-6-24-8-10-27-11-9-24)19(26)18-13(2)22-14(3)28-18/h4-5H,6-11H2,1-3H3.